The first-order valence-corrected chi connectivity index (χ1v) is 18.2. The molecule has 0 saturated carbocycles. The second-order valence-electron chi connectivity index (χ2n) is 14.0. The molecule has 0 spiro atoms. The molecule has 3 fully saturated rings. The van der Waals surface area contributed by atoms with Gasteiger partial charge in [0.1, 0.15) is 11.9 Å². The van der Waals surface area contributed by atoms with Gasteiger partial charge in [-0.3, -0.25) is 0 Å². The summed E-state index contributed by atoms with van der Waals surface area (Å²) in [7, 11) is 6.12. The van der Waals surface area contributed by atoms with Crippen molar-refractivity contribution in [1.82, 2.24) is 14.7 Å². The average molecular weight is 774 g/mol. The number of benzene rings is 3. The number of alkyl halides is 6. The molecule has 3 aliphatic rings. The highest BCUT2D eigenvalue weighted by Gasteiger charge is 2.37. The molecule has 0 aliphatic carbocycles. The van der Waals surface area contributed by atoms with Gasteiger partial charge in [-0.15, -0.1) is 0 Å². The molecule has 3 heterocycles. The summed E-state index contributed by atoms with van der Waals surface area (Å²) in [4.78, 5) is 6.61. The molecule has 3 aromatic carbocycles. The fraction of sp³-hybridized carbons (Fsp3) is 0.513. The number of nitrogens with zero attached hydrogens (tertiary/aromatic N) is 4. The minimum atomic E-state index is -4.62. The smallest absolute Gasteiger partial charge is 0.306 e. The number of halogens is 9. The van der Waals surface area contributed by atoms with Crippen molar-refractivity contribution in [3.05, 3.63) is 104 Å². The van der Waals surface area contributed by atoms with E-state index in [1.165, 1.54) is 18.2 Å². The van der Waals surface area contributed by atoms with Gasteiger partial charge in [0, 0.05) is 0 Å². The van der Waals surface area contributed by atoms with Crippen molar-refractivity contribution < 1.29 is 30.7 Å². The van der Waals surface area contributed by atoms with E-state index in [0.717, 1.165) is 82.6 Å². The maximum absolute atomic E-state index is 13.9. The van der Waals surface area contributed by atoms with Crippen LogP contribution in [0, 0.1) is 17.1 Å². The Morgan fingerprint density at radius 1 is 0.558 bits per heavy atom. The monoisotopic (exact) mass is 772 g/mol. The highest BCUT2D eigenvalue weighted by atomic mass is 35.5. The summed E-state index contributed by atoms with van der Waals surface area (Å²) < 4.78 is 90.0. The second-order valence-corrected chi connectivity index (χ2v) is 14.7. The third-order valence-electron chi connectivity index (χ3n) is 10.3. The summed E-state index contributed by atoms with van der Waals surface area (Å²) in [5.41, 5.74) is 0.712. The Bertz CT molecular complexity index is 1570. The van der Waals surface area contributed by atoms with Crippen molar-refractivity contribution in [2.75, 3.05) is 60.4 Å². The van der Waals surface area contributed by atoms with Gasteiger partial charge in [0.2, 0.25) is 0 Å². The van der Waals surface area contributed by atoms with Crippen LogP contribution in [0.25, 0.3) is 0 Å². The number of rotatable bonds is 3. The largest absolute Gasteiger partial charge is 0.419 e. The Kier molecular flexibility index (Phi) is 14.8. The third-order valence-corrected chi connectivity index (χ3v) is 11.1. The van der Waals surface area contributed by atoms with E-state index in [1.807, 2.05) is 20.2 Å². The van der Waals surface area contributed by atoms with E-state index in [2.05, 4.69) is 33.9 Å². The average Bonchev–Trinajstić information content (AvgIpc) is 3.10. The van der Waals surface area contributed by atoms with Gasteiger partial charge in [-0.2, -0.15) is 31.6 Å². The molecule has 284 valence electrons. The lowest BCUT2D eigenvalue weighted by molar-refractivity contribution is -0.140. The summed E-state index contributed by atoms with van der Waals surface area (Å²) >= 11 is 12.2. The first-order chi connectivity index (χ1) is 24.5. The molecule has 0 amide bonds. The van der Waals surface area contributed by atoms with Crippen LogP contribution in [0.3, 0.4) is 0 Å². The molecule has 0 N–H and O–H groups in total. The lowest BCUT2D eigenvalue weighted by Gasteiger charge is -2.30. The van der Waals surface area contributed by atoms with E-state index in [4.69, 9.17) is 28.5 Å². The van der Waals surface area contributed by atoms with Gasteiger partial charge in [-0.25, -0.2) is 4.39 Å². The molecule has 0 bridgehead atoms. The van der Waals surface area contributed by atoms with E-state index < -0.39 is 29.3 Å². The van der Waals surface area contributed by atoms with Gasteiger partial charge in [0.25, 0.3) is 0 Å². The lowest BCUT2D eigenvalue weighted by Crippen LogP contribution is -2.29. The summed E-state index contributed by atoms with van der Waals surface area (Å²) in [6.07, 6.45) is -3.61. The van der Waals surface area contributed by atoms with Gasteiger partial charge in [0.15, 0.2) is 0 Å². The molecule has 0 aromatic heterocycles. The first kappa shape index (κ1) is 41.9. The number of nitriles is 1. The molecule has 3 aliphatic heterocycles. The maximum atomic E-state index is 13.9. The highest BCUT2D eigenvalue weighted by molar-refractivity contribution is 6.32. The van der Waals surface area contributed by atoms with Gasteiger partial charge >= 0.3 is 12.4 Å². The van der Waals surface area contributed by atoms with Gasteiger partial charge in [-0.1, -0.05) is 59.6 Å². The van der Waals surface area contributed by atoms with Crippen LogP contribution in [0.1, 0.15) is 89.7 Å². The quantitative estimate of drug-likeness (QED) is 0.248. The predicted octanol–water partition coefficient (Wildman–Crippen LogP) is 10.8. The fourth-order valence-corrected chi connectivity index (χ4v) is 7.79. The van der Waals surface area contributed by atoms with Crippen molar-refractivity contribution in [1.29, 1.82) is 5.26 Å². The van der Waals surface area contributed by atoms with Crippen molar-refractivity contribution >= 4 is 23.2 Å². The summed E-state index contributed by atoms with van der Waals surface area (Å²) in [5.74, 6) is -0.559. The molecule has 52 heavy (non-hydrogen) atoms. The Balaban J connectivity index is 0.000000175. The molecule has 13 heteroatoms. The van der Waals surface area contributed by atoms with Crippen LogP contribution in [0.2, 0.25) is 10.0 Å². The van der Waals surface area contributed by atoms with Gasteiger partial charge in [0.05, 0.1) is 26.7 Å². The molecule has 4 nitrogen and oxygen atoms in total. The number of hydrogen-bond donors (Lipinski definition) is 0. The highest BCUT2D eigenvalue weighted by Crippen LogP contribution is 2.41. The zero-order chi connectivity index (χ0) is 38.2. The van der Waals surface area contributed by atoms with E-state index in [1.54, 1.807) is 12.1 Å². The van der Waals surface area contributed by atoms with E-state index in [0.29, 0.717) is 34.9 Å². The predicted molar refractivity (Wildman–Crippen MR) is 192 cm³/mol. The number of hydrogen-bond acceptors (Lipinski definition) is 4. The van der Waals surface area contributed by atoms with Crippen LogP contribution in [0.4, 0.5) is 30.7 Å². The van der Waals surface area contributed by atoms with Crippen molar-refractivity contribution in [3.8, 4) is 6.07 Å². The molecular formula is C39H45Cl2F7N4. The fourth-order valence-electron chi connectivity index (χ4n) is 7.08. The lowest BCUT2D eigenvalue weighted by atomic mass is 9.88. The van der Waals surface area contributed by atoms with Crippen molar-refractivity contribution in [3.63, 3.8) is 0 Å². The van der Waals surface area contributed by atoms with Crippen molar-refractivity contribution in [2.24, 2.45) is 0 Å². The summed E-state index contributed by atoms with van der Waals surface area (Å²) in [5, 5.41) is 9.47. The van der Waals surface area contributed by atoms with Crippen LogP contribution in [0.15, 0.2) is 54.6 Å². The Labute approximate surface area is 312 Å². The topological polar surface area (TPSA) is 33.5 Å². The Hall–Kier alpha value is -2.88. The van der Waals surface area contributed by atoms with Gasteiger partial charge in [-0.05, 0) is 152 Å². The Morgan fingerprint density at radius 2 is 0.904 bits per heavy atom. The Morgan fingerprint density at radius 3 is 1.31 bits per heavy atom. The van der Waals surface area contributed by atoms with Crippen LogP contribution >= 0.6 is 23.2 Å². The molecule has 3 saturated heterocycles. The zero-order valence-corrected chi connectivity index (χ0v) is 31.1. The standard InChI is InChI=1S/C13H15ClF3N.C13H15ClN2.C13H15F4N/c1-18-7-5-9(6-8-18)10-3-2-4-11(12(10)14)13(15,16)17;1-16-7-5-10(6-8-16)12-4-2-3-11(9-15)13(12)14;1-18-7-5-9(6-8-18)10-3-2-4-11(12(10)14)13(15,16)17/h2-4,9H,5-8H2,1H3;2-4,10H,5-8H2,1H3;2-4,9H,5-8H2,1H3. The van der Waals surface area contributed by atoms with Crippen LogP contribution < -0.4 is 0 Å². The zero-order valence-electron chi connectivity index (χ0n) is 29.6. The van der Waals surface area contributed by atoms with Gasteiger partial charge < -0.3 is 14.7 Å². The van der Waals surface area contributed by atoms with Crippen LogP contribution in [-0.2, 0) is 12.4 Å². The van der Waals surface area contributed by atoms with Crippen LogP contribution in [-0.4, -0.2) is 75.1 Å². The molecule has 0 unspecified atom stereocenters. The number of likely N-dealkylation sites (tertiary alicyclic amines) is 3. The molecular weight excluding hydrogens is 728 g/mol. The normalized spacial score (nSPS) is 18.9. The minimum Gasteiger partial charge on any atom is -0.306 e. The summed E-state index contributed by atoms with van der Waals surface area (Å²) in [6.45, 7) is 5.60. The molecule has 0 atom stereocenters. The van der Waals surface area contributed by atoms with E-state index >= 15 is 0 Å². The maximum Gasteiger partial charge on any atom is 0.419 e. The molecule has 0 radical (unpaired) electrons. The van der Waals surface area contributed by atoms with E-state index in [-0.39, 0.29) is 22.4 Å². The number of piperidine rings is 3. The third kappa shape index (κ3) is 11.1. The summed E-state index contributed by atoms with van der Waals surface area (Å²) in [6, 6.07) is 15.7. The van der Waals surface area contributed by atoms with E-state index in [9.17, 15) is 30.7 Å². The minimum absolute atomic E-state index is 0.108. The second kappa shape index (κ2) is 18.4. The molecule has 6 rings (SSSR count). The first-order valence-electron chi connectivity index (χ1n) is 17.5. The van der Waals surface area contributed by atoms with Crippen LogP contribution in [0.5, 0.6) is 0 Å². The molecule has 3 aromatic rings. The van der Waals surface area contributed by atoms with Crippen molar-refractivity contribution in [2.45, 2.75) is 68.6 Å². The SMILES string of the molecule is CN1CCC(c2cccc(C#N)c2Cl)CC1.CN1CCC(c2cccc(C(F)(F)F)c2Cl)CC1.CN1CCC(c2cccc(C(F)(F)F)c2F)CC1.